The lowest BCUT2D eigenvalue weighted by Gasteiger charge is -2.03. The maximum Gasteiger partial charge on any atom is 0.224 e. The van der Waals surface area contributed by atoms with Crippen LogP contribution in [0.1, 0.15) is 16.8 Å². The van der Waals surface area contributed by atoms with Gasteiger partial charge in [0.1, 0.15) is 11.8 Å². The second kappa shape index (κ2) is 4.73. The first-order valence-electron chi connectivity index (χ1n) is 4.78. The Morgan fingerprint density at radius 3 is 3.06 bits per heavy atom. The van der Waals surface area contributed by atoms with E-state index in [2.05, 4.69) is 33.0 Å². The quantitative estimate of drug-likeness (QED) is 0.879. The third kappa shape index (κ3) is 2.35. The van der Waals surface area contributed by atoms with Gasteiger partial charge in [-0.1, -0.05) is 0 Å². The molecule has 0 saturated heterocycles. The molecule has 0 aromatic carbocycles. The number of rotatable bonds is 3. The van der Waals surface area contributed by atoms with E-state index in [1.165, 1.54) is 11.1 Å². The monoisotopic (exact) mass is 230 g/mol. The molecule has 2 aromatic heterocycles. The number of nitrogens with one attached hydrogen (secondary N) is 1. The van der Waals surface area contributed by atoms with E-state index in [0.717, 1.165) is 0 Å². The summed E-state index contributed by atoms with van der Waals surface area (Å²) >= 11 is 1.68. The van der Waals surface area contributed by atoms with Crippen molar-refractivity contribution in [2.45, 2.75) is 13.5 Å². The molecule has 0 amide bonds. The maximum absolute atomic E-state index is 8.69. The highest BCUT2D eigenvalue weighted by Gasteiger charge is 2.01. The zero-order chi connectivity index (χ0) is 11.4. The molecule has 0 aliphatic heterocycles. The minimum Gasteiger partial charge on any atom is -0.350 e. The first kappa shape index (κ1) is 10.6. The average Bonchev–Trinajstić information content (AvgIpc) is 2.72. The fourth-order valence-electron chi connectivity index (χ4n) is 1.25. The van der Waals surface area contributed by atoms with E-state index < -0.39 is 0 Å². The lowest BCUT2D eigenvalue weighted by molar-refractivity contribution is 1.04. The van der Waals surface area contributed by atoms with Crippen LogP contribution in [0.3, 0.4) is 0 Å². The molecule has 0 spiro atoms. The van der Waals surface area contributed by atoms with E-state index in [-0.39, 0.29) is 0 Å². The van der Waals surface area contributed by atoms with E-state index in [4.69, 9.17) is 5.26 Å². The van der Waals surface area contributed by atoms with Gasteiger partial charge in [-0.2, -0.15) is 16.6 Å². The molecular formula is C11H10N4S. The summed E-state index contributed by atoms with van der Waals surface area (Å²) in [6.45, 7) is 2.75. The zero-order valence-electron chi connectivity index (χ0n) is 8.77. The molecule has 0 saturated carbocycles. The second-order valence-corrected chi connectivity index (χ2v) is 4.05. The van der Waals surface area contributed by atoms with Crippen LogP contribution < -0.4 is 5.32 Å². The van der Waals surface area contributed by atoms with Crippen molar-refractivity contribution in [3.63, 3.8) is 0 Å². The van der Waals surface area contributed by atoms with Crippen LogP contribution in [-0.2, 0) is 6.54 Å². The van der Waals surface area contributed by atoms with E-state index in [0.29, 0.717) is 18.2 Å². The van der Waals surface area contributed by atoms with E-state index in [1.54, 1.807) is 23.6 Å². The SMILES string of the molecule is Cc1cscc1CNc1nccc(C#N)n1. The van der Waals surface area contributed by atoms with Crippen LogP contribution in [0.15, 0.2) is 23.0 Å². The fraction of sp³-hybridized carbons (Fsp3) is 0.182. The first-order valence-corrected chi connectivity index (χ1v) is 5.72. The number of hydrogen-bond donors (Lipinski definition) is 1. The van der Waals surface area contributed by atoms with Crippen molar-refractivity contribution >= 4 is 17.3 Å². The van der Waals surface area contributed by atoms with Gasteiger partial charge < -0.3 is 5.32 Å². The van der Waals surface area contributed by atoms with Gasteiger partial charge in [0.15, 0.2) is 0 Å². The molecule has 2 rings (SSSR count). The Bertz CT molecular complexity index is 527. The van der Waals surface area contributed by atoms with Gasteiger partial charge in [-0.05, 0) is 34.9 Å². The van der Waals surface area contributed by atoms with Gasteiger partial charge in [-0.25, -0.2) is 9.97 Å². The highest BCUT2D eigenvalue weighted by Crippen LogP contribution is 2.14. The Labute approximate surface area is 97.6 Å². The molecule has 80 valence electrons. The summed E-state index contributed by atoms with van der Waals surface area (Å²) in [5, 5.41) is 16.0. The van der Waals surface area contributed by atoms with Crippen LogP contribution in [0.5, 0.6) is 0 Å². The lowest BCUT2D eigenvalue weighted by Crippen LogP contribution is -2.04. The molecule has 2 heterocycles. The zero-order valence-corrected chi connectivity index (χ0v) is 9.58. The third-order valence-electron chi connectivity index (χ3n) is 2.17. The first-order chi connectivity index (χ1) is 7.79. The molecule has 0 atom stereocenters. The van der Waals surface area contributed by atoms with Crippen LogP contribution in [0.2, 0.25) is 0 Å². The number of hydrogen-bond acceptors (Lipinski definition) is 5. The molecule has 2 aromatic rings. The number of anilines is 1. The predicted molar refractivity (Wildman–Crippen MR) is 63.1 cm³/mol. The largest absolute Gasteiger partial charge is 0.350 e. The summed E-state index contributed by atoms with van der Waals surface area (Å²) in [6, 6.07) is 3.57. The number of thiophene rings is 1. The van der Waals surface area contributed by atoms with Gasteiger partial charge in [-0.3, -0.25) is 0 Å². The highest BCUT2D eigenvalue weighted by molar-refractivity contribution is 7.08. The maximum atomic E-state index is 8.69. The van der Waals surface area contributed by atoms with Crippen molar-refractivity contribution in [2.24, 2.45) is 0 Å². The van der Waals surface area contributed by atoms with Gasteiger partial charge in [0.25, 0.3) is 0 Å². The molecule has 4 nitrogen and oxygen atoms in total. The smallest absolute Gasteiger partial charge is 0.224 e. The summed E-state index contributed by atoms with van der Waals surface area (Å²) in [5.74, 6) is 0.490. The van der Waals surface area contributed by atoms with E-state index in [1.807, 2.05) is 6.07 Å². The van der Waals surface area contributed by atoms with Crippen molar-refractivity contribution < 1.29 is 0 Å². The predicted octanol–water partition coefficient (Wildman–Crippen LogP) is 2.33. The van der Waals surface area contributed by atoms with Crippen LogP contribution in [0.25, 0.3) is 0 Å². The van der Waals surface area contributed by atoms with Crippen molar-refractivity contribution in [2.75, 3.05) is 5.32 Å². The van der Waals surface area contributed by atoms with Crippen molar-refractivity contribution in [3.05, 3.63) is 39.8 Å². The molecule has 0 aliphatic rings. The second-order valence-electron chi connectivity index (χ2n) is 3.31. The van der Waals surface area contributed by atoms with Crippen LogP contribution in [-0.4, -0.2) is 9.97 Å². The van der Waals surface area contributed by atoms with Gasteiger partial charge in [0.2, 0.25) is 5.95 Å². The molecule has 0 aliphatic carbocycles. The Kier molecular flexibility index (Phi) is 3.13. The molecule has 0 bridgehead atoms. The molecule has 1 N–H and O–H groups in total. The Morgan fingerprint density at radius 1 is 1.50 bits per heavy atom. The topological polar surface area (TPSA) is 61.6 Å². The molecule has 0 radical (unpaired) electrons. The van der Waals surface area contributed by atoms with Gasteiger partial charge >= 0.3 is 0 Å². The average molecular weight is 230 g/mol. The molecule has 16 heavy (non-hydrogen) atoms. The fourth-order valence-corrected chi connectivity index (χ4v) is 2.11. The number of aryl methyl sites for hydroxylation is 1. The van der Waals surface area contributed by atoms with Crippen LogP contribution in [0.4, 0.5) is 5.95 Å². The number of nitrogens with zero attached hydrogens (tertiary/aromatic N) is 3. The molecule has 0 unspecified atom stereocenters. The number of nitriles is 1. The summed E-state index contributed by atoms with van der Waals surface area (Å²) in [7, 11) is 0. The highest BCUT2D eigenvalue weighted by atomic mass is 32.1. The van der Waals surface area contributed by atoms with Crippen molar-refractivity contribution in [1.29, 1.82) is 5.26 Å². The Balaban J connectivity index is 2.05. The summed E-state index contributed by atoms with van der Waals surface area (Å²) < 4.78 is 0. The molecular weight excluding hydrogens is 220 g/mol. The standard InChI is InChI=1S/C11H10N4S/c1-8-6-16-7-9(8)5-14-11-13-3-2-10(4-12)15-11/h2-3,6-7H,5H2,1H3,(H,13,14,15). The number of aromatic nitrogens is 2. The van der Waals surface area contributed by atoms with Crippen molar-refractivity contribution in [3.8, 4) is 6.07 Å². The summed E-state index contributed by atoms with van der Waals surface area (Å²) in [5.41, 5.74) is 2.87. The lowest BCUT2D eigenvalue weighted by atomic mass is 10.2. The minimum absolute atomic E-state index is 0.375. The van der Waals surface area contributed by atoms with E-state index >= 15 is 0 Å². The van der Waals surface area contributed by atoms with Crippen LogP contribution in [0, 0.1) is 18.3 Å². The van der Waals surface area contributed by atoms with Gasteiger partial charge in [-0.15, -0.1) is 0 Å². The van der Waals surface area contributed by atoms with Crippen LogP contribution >= 0.6 is 11.3 Å². The molecule has 5 heteroatoms. The van der Waals surface area contributed by atoms with Crippen molar-refractivity contribution in [1.82, 2.24) is 9.97 Å². The summed E-state index contributed by atoms with van der Waals surface area (Å²) in [6.07, 6.45) is 1.58. The Hall–Kier alpha value is -1.93. The molecule has 0 fully saturated rings. The minimum atomic E-state index is 0.375. The third-order valence-corrected chi connectivity index (χ3v) is 3.08. The summed E-state index contributed by atoms with van der Waals surface area (Å²) in [4.78, 5) is 8.09. The Morgan fingerprint density at radius 2 is 2.38 bits per heavy atom. The normalized spacial score (nSPS) is 9.75. The van der Waals surface area contributed by atoms with E-state index in [9.17, 15) is 0 Å². The van der Waals surface area contributed by atoms with Gasteiger partial charge in [0, 0.05) is 12.7 Å². The van der Waals surface area contributed by atoms with Gasteiger partial charge in [0.05, 0.1) is 0 Å².